The van der Waals surface area contributed by atoms with Crippen LogP contribution in [-0.2, 0) is 11.2 Å². The van der Waals surface area contributed by atoms with Crippen molar-refractivity contribution in [2.45, 2.75) is 38.8 Å². The highest BCUT2D eigenvalue weighted by Crippen LogP contribution is 2.33. The Hall–Kier alpha value is -0.930. The predicted molar refractivity (Wildman–Crippen MR) is 71.1 cm³/mol. The van der Waals surface area contributed by atoms with E-state index in [0.717, 1.165) is 24.0 Å². The Morgan fingerprint density at radius 2 is 2.22 bits per heavy atom. The lowest BCUT2D eigenvalue weighted by Crippen LogP contribution is -2.39. The first-order valence-electron chi connectivity index (χ1n) is 6.65. The van der Waals surface area contributed by atoms with Gasteiger partial charge < -0.3 is 10.1 Å². The van der Waals surface area contributed by atoms with E-state index in [1.165, 1.54) is 0 Å². The van der Waals surface area contributed by atoms with Crippen LogP contribution >= 0.6 is 0 Å². The van der Waals surface area contributed by atoms with Crippen molar-refractivity contribution in [3.8, 4) is 0 Å². The molecule has 0 saturated carbocycles. The first-order chi connectivity index (χ1) is 8.63. The van der Waals surface area contributed by atoms with Gasteiger partial charge in [-0.15, -0.1) is 0 Å². The van der Waals surface area contributed by atoms with Gasteiger partial charge in [-0.1, -0.05) is 26.0 Å². The standard InChI is InChI=1S/C15H22FNO/c1-10(2)15(9-18-3)17-14-8-7-11-12(14)5-4-6-13(11)16/h4-6,10,14-15,17H,7-9H2,1-3H3. The Kier molecular flexibility index (Phi) is 4.36. The van der Waals surface area contributed by atoms with E-state index in [1.54, 1.807) is 19.2 Å². The van der Waals surface area contributed by atoms with Crippen molar-refractivity contribution in [1.29, 1.82) is 0 Å². The topological polar surface area (TPSA) is 21.3 Å². The molecule has 0 radical (unpaired) electrons. The molecule has 2 nitrogen and oxygen atoms in total. The van der Waals surface area contributed by atoms with Crippen LogP contribution in [0, 0.1) is 11.7 Å². The molecule has 0 saturated heterocycles. The zero-order valence-electron chi connectivity index (χ0n) is 11.4. The minimum Gasteiger partial charge on any atom is -0.383 e. The van der Waals surface area contributed by atoms with Crippen molar-refractivity contribution in [3.05, 3.63) is 35.1 Å². The number of hydrogen-bond donors (Lipinski definition) is 1. The molecule has 1 aromatic carbocycles. The van der Waals surface area contributed by atoms with Crippen LogP contribution < -0.4 is 5.32 Å². The molecule has 2 atom stereocenters. The fraction of sp³-hybridized carbons (Fsp3) is 0.600. The highest BCUT2D eigenvalue weighted by molar-refractivity contribution is 5.35. The molecule has 0 aromatic heterocycles. The van der Waals surface area contributed by atoms with Crippen LogP contribution in [0.15, 0.2) is 18.2 Å². The zero-order valence-corrected chi connectivity index (χ0v) is 11.4. The molecule has 1 aliphatic rings. The van der Waals surface area contributed by atoms with Gasteiger partial charge >= 0.3 is 0 Å². The third kappa shape index (κ3) is 2.73. The van der Waals surface area contributed by atoms with Gasteiger partial charge in [0.15, 0.2) is 0 Å². The quantitative estimate of drug-likeness (QED) is 0.868. The fourth-order valence-electron chi connectivity index (χ4n) is 2.65. The monoisotopic (exact) mass is 251 g/mol. The van der Waals surface area contributed by atoms with E-state index in [1.807, 2.05) is 6.07 Å². The van der Waals surface area contributed by atoms with Crippen molar-refractivity contribution in [2.75, 3.05) is 13.7 Å². The summed E-state index contributed by atoms with van der Waals surface area (Å²) in [5, 5.41) is 3.61. The molecule has 3 heteroatoms. The van der Waals surface area contributed by atoms with Gasteiger partial charge in [-0.05, 0) is 36.0 Å². The summed E-state index contributed by atoms with van der Waals surface area (Å²) in [5.74, 6) is 0.437. The number of rotatable bonds is 5. The molecule has 100 valence electrons. The minimum absolute atomic E-state index is 0.0651. The van der Waals surface area contributed by atoms with E-state index in [0.29, 0.717) is 18.6 Å². The van der Waals surface area contributed by atoms with E-state index in [-0.39, 0.29) is 11.9 Å². The zero-order chi connectivity index (χ0) is 13.1. The molecular weight excluding hydrogens is 229 g/mol. The molecule has 1 aromatic rings. The summed E-state index contributed by atoms with van der Waals surface area (Å²) in [5.41, 5.74) is 2.01. The normalized spacial score (nSPS) is 20.2. The van der Waals surface area contributed by atoms with Crippen LogP contribution in [0.25, 0.3) is 0 Å². The molecule has 2 rings (SSSR count). The molecule has 0 aliphatic heterocycles. The van der Waals surface area contributed by atoms with Crippen molar-refractivity contribution in [2.24, 2.45) is 5.92 Å². The van der Waals surface area contributed by atoms with Crippen LogP contribution in [0.3, 0.4) is 0 Å². The molecular formula is C15H22FNO. The number of halogens is 1. The third-order valence-electron chi connectivity index (χ3n) is 3.78. The SMILES string of the molecule is COCC(NC1CCc2c(F)cccc21)C(C)C. The van der Waals surface area contributed by atoms with E-state index < -0.39 is 0 Å². The molecule has 0 amide bonds. The Balaban J connectivity index is 2.11. The lowest BCUT2D eigenvalue weighted by molar-refractivity contribution is 0.140. The summed E-state index contributed by atoms with van der Waals surface area (Å²) in [6.45, 7) is 5.05. The third-order valence-corrected chi connectivity index (χ3v) is 3.78. The fourth-order valence-corrected chi connectivity index (χ4v) is 2.65. The van der Waals surface area contributed by atoms with Gasteiger partial charge in [0, 0.05) is 19.2 Å². The number of methoxy groups -OCH3 is 1. The van der Waals surface area contributed by atoms with Crippen LogP contribution in [0.4, 0.5) is 4.39 Å². The van der Waals surface area contributed by atoms with Gasteiger partial charge in [0.25, 0.3) is 0 Å². The number of benzene rings is 1. The van der Waals surface area contributed by atoms with Crippen molar-refractivity contribution in [1.82, 2.24) is 5.32 Å². The predicted octanol–water partition coefficient (Wildman–Crippen LogP) is 3.07. The Morgan fingerprint density at radius 3 is 2.89 bits per heavy atom. The summed E-state index contributed by atoms with van der Waals surface area (Å²) in [6, 6.07) is 5.96. The summed E-state index contributed by atoms with van der Waals surface area (Å²) >= 11 is 0. The van der Waals surface area contributed by atoms with Gasteiger partial charge in [0.05, 0.1) is 6.61 Å². The summed E-state index contributed by atoms with van der Waals surface area (Å²) in [4.78, 5) is 0. The number of fused-ring (bicyclic) bond motifs is 1. The first-order valence-corrected chi connectivity index (χ1v) is 6.65. The van der Waals surface area contributed by atoms with Crippen molar-refractivity contribution < 1.29 is 9.13 Å². The maximum atomic E-state index is 13.7. The highest BCUT2D eigenvalue weighted by atomic mass is 19.1. The van der Waals surface area contributed by atoms with Crippen molar-refractivity contribution in [3.63, 3.8) is 0 Å². The van der Waals surface area contributed by atoms with Crippen LogP contribution in [0.2, 0.25) is 0 Å². The lowest BCUT2D eigenvalue weighted by Gasteiger charge is -2.26. The van der Waals surface area contributed by atoms with E-state index in [2.05, 4.69) is 19.2 Å². The highest BCUT2D eigenvalue weighted by Gasteiger charge is 2.27. The van der Waals surface area contributed by atoms with E-state index in [9.17, 15) is 4.39 Å². The van der Waals surface area contributed by atoms with E-state index in [4.69, 9.17) is 4.74 Å². The average Bonchev–Trinajstić information content (AvgIpc) is 2.73. The maximum absolute atomic E-state index is 13.7. The van der Waals surface area contributed by atoms with Crippen molar-refractivity contribution >= 4 is 0 Å². The second-order valence-electron chi connectivity index (χ2n) is 5.37. The maximum Gasteiger partial charge on any atom is 0.126 e. The van der Waals surface area contributed by atoms with Crippen LogP contribution in [-0.4, -0.2) is 19.8 Å². The molecule has 1 N–H and O–H groups in total. The molecule has 0 fully saturated rings. The summed E-state index contributed by atoms with van der Waals surface area (Å²) in [7, 11) is 1.72. The molecule has 18 heavy (non-hydrogen) atoms. The molecule has 2 unspecified atom stereocenters. The number of nitrogens with one attached hydrogen (secondary N) is 1. The summed E-state index contributed by atoms with van der Waals surface area (Å²) in [6.07, 6.45) is 1.81. The molecule has 0 spiro atoms. The average molecular weight is 251 g/mol. The second-order valence-corrected chi connectivity index (χ2v) is 5.37. The lowest BCUT2D eigenvalue weighted by atomic mass is 10.0. The van der Waals surface area contributed by atoms with Crippen LogP contribution in [0.5, 0.6) is 0 Å². The van der Waals surface area contributed by atoms with Gasteiger partial charge in [-0.25, -0.2) is 4.39 Å². The Bertz CT molecular complexity index is 405. The number of ether oxygens (including phenoxy) is 1. The Labute approximate surface area is 109 Å². The Morgan fingerprint density at radius 1 is 1.44 bits per heavy atom. The van der Waals surface area contributed by atoms with E-state index >= 15 is 0 Å². The first kappa shape index (κ1) is 13.5. The number of hydrogen-bond acceptors (Lipinski definition) is 2. The van der Waals surface area contributed by atoms with Gasteiger partial charge in [-0.3, -0.25) is 0 Å². The second kappa shape index (κ2) is 5.81. The van der Waals surface area contributed by atoms with Gasteiger partial charge in [-0.2, -0.15) is 0 Å². The smallest absolute Gasteiger partial charge is 0.126 e. The molecule has 0 bridgehead atoms. The van der Waals surface area contributed by atoms with Crippen LogP contribution in [0.1, 0.15) is 37.4 Å². The molecule has 1 aliphatic carbocycles. The molecule has 0 heterocycles. The van der Waals surface area contributed by atoms with Gasteiger partial charge in [0.2, 0.25) is 0 Å². The summed E-state index contributed by atoms with van der Waals surface area (Å²) < 4.78 is 18.9. The van der Waals surface area contributed by atoms with Gasteiger partial charge in [0.1, 0.15) is 5.82 Å². The largest absolute Gasteiger partial charge is 0.383 e. The minimum atomic E-state index is -0.0651.